The largest absolute Gasteiger partial charge is 0.477 e. The smallest absolute Gasteiger partial charge is 0.343 e. The number of carboxylic acid groups (broad SMARTS) is 1. The van der Waals surface area contributed by atoms with Crippen LogP contribution >= 0.6 is 0 Å². The van der Waals surface area contributed by atoms with Crippen LogP contribution in [0.15, 0.2) is 30.5 Å². The number of fused-ring (bicyclic) bond motifs is 1. The van der Waals surface area contributed by atoms with Crippen LogP contribution < -0.4 is 0 Å². The first-order chi connectivity index (χ1) is 7.61. The van der Waals surface area contributed by atoms with E-state index in [4.69, 9.17) is 5.11 Å². The highest BCUT2D eigenvalue weighted by molar-refractivity contribution is 6.05. The second-order valence-corrected chi connectivity index (χ2v) is 3.10. The van der Waals surface area contributed by atoms with E-state index < -0.39 is 16.6 Å². The van der Waals surface area contributed by atoms with Crippen molar-refractivity contribution < 1.29 is 14.8 Å². The zero-order chi connectivity index (χ0) is 11.7. The molecule has 0 atom stereocenters. The van der Waals surface area contributed by atoms with Gasteiger partial charge in [-0.15, -0.1) is 0 Å². The summed E-state index contributed by atoms with van der Waals surface area (Å²) in [6, 6.07) is 6.40. The molecule has 2 aromatic rings. The van der Waals surface area contributed by atoms with Crippen molar-refractivity contribution in [3.8, 4) is 0 Å². The molecule has 0 bridgehead atoms. The second kappa shape index (κ2) is 3.58. The lowest BCUT2D eigenvalue weighted by molar-refractivity contribution is -0.385. The first-order valence-corrected chi connectivity index (χ1v) is 4.36. The molecule has 6 nitrogen and oxygen atoms in total. The number of aromatic nitrogens is 1. The Balaban J connectivity index is 2.90. The summed E-state index contributed by atoms with van der Waals surface area (Å²) in [4.78, 5) is 24.8. The summed E-state index contributed by atoms with van der Waals surface area (Å²) in [7, 11) is 0. The van der Waals surface area contributed by atoms with E-state index in [9.17, 15) is 14.9 Å². The minimum atomic E-state index is -1.33. The Bertz CT molecular complexity index is 594. The van der Waals surface area contributed by atoms with Gasteiger partial charge in [0.2, 0.25) is 0 Å². The molecule has 0 fully saturated rings. The molecule has 0 saturated carbocycles. The summed E-state index contributed by atoms with van der Waals surface area (Å²) in [5, 5.41) is 19.9. The molecular weight excluding hydrogens is 212 g/mol. The molecule has 1 aromatic heterocycles. The minimum Gasteiger partial charge on any atom is -0.477 e. The summed E-state index contributed by atoms with van der Waals surface area (Å²) in [5.41, 5.74) is -0.396. The topological polar surface area (TPSA) is 93.3 Å². The average molecular weight is 218 g/mol. The molecule has 0 amide bonds. The average Bonchev–Trinajstić information content (AvgIpc) is 2.27. The Morgan fingerprint density at radius 3 is 2.69 bits per heavy atom. The highest BCUT2D eigenvalue weighted by Gasteiger charge is 2.23. The zero-order valence-electron chi connectivity index (χ0n) is 7.95. The summed E-state index contributed by atoms with van der Waals surface area (Å²) >= 11 is 0. The number of para-hydroxylation sites is 1. The first-order valence-electron chi connectivity index (χ1n) is 4.36. The number of pyridine rings is 1. The number of aromatic carboxylic acids is 1. The van der Waals surface area contributed by atoms with Crippen LogP contribution in [0.3, 0.4) is 0 Å². The summed E-state index contributed by atoms with van der Waals surface area (Å²) in [6.07, 6.45) is 0.964. The zero-order valence-corrected chi connectivity index (χ0v) is 7.95. The van der Waals surface area contributed by atoms with Gasteiger partial charge in [-0.05, 0) is 6.07 Å². The Morgan fingerprint density at radius 2 is 2.06 bits per heavy atom. The fraction of sp³-hybridized carbons (Fsp3) is 0. The second-order valence-electron chi connectivity index (χ2n) is 3.10. The Morgan fingerprint density at radius 1 is 1.38 bits per heavy atom. The molecule has 1 aromatic carbocycles. The van der Waals surface area contributed by atoms with E-state index in [1.54, 1.807) is 18.2 Å². The lowest BCUT2D eigenvalue weighted by Gasteiger charge is -2.02. The minimum absolute atomic E-state index is 0.268. The molecule has 1 N–H and O–H groups in total. The van der Waals surface area contributed by atoms with Crippen LogP contribution in [0, 0.1) is 10.1 Å². The van der Waals surface area contributed by atoms with Crippen molar-refractivity contribution in [3.63, 3.8) is 0 Å². The number of hydrogen-bond acceptors (Lipinski definition) is 4. The van der Waals surface area contributed by atoms with Gasteiger partial charge in [0.05, 0.1) is 10.4 Å². The maximum absolute atomic E-state index is 11.0. The molecule has 0 aliphatic heterocycles. The van der Waals surface area contributed by atoms with Crippen LogP contribution in [-0.4, -0.2) is 21.0 Å². The van der Waals surface area contributed by atoms with Gasteiger partial charge < -0.3 is 5.11 Å². The third kappa shape index (κ3) is 1.46. The van der Waals surface area contributed by atoms with E-state index >= 15 is 0 Å². The predicted octanol–water partition coefficient (Wildman–Crippen LogP) is 1.84. The molecule has 0 spiro atoms. The van der Waals surface area contributed by atoms with Gasteiger partial charge in [-0.25, -0.2) is 9.78 Å². The van der Waals surface area contributed by atoms with Crippen LogP contribution in [0.2, 0.25) is 0 Å². The van der Waals surface area contributed by atoms with E-state index in [1.807, 2.05) is 0 Å². The van der Waals surface area contributed by atoms with Crippen molar-refractivity contribution in [3.05, 3.63) is 46.1 Å². The van der Waals surface area contributed by atoms with Crippen molar-refractivity contribution in [1.29, 1.82) is 0 Å². The number of hydrogen-bond donors (Lipinski definition) is 1. The lowest BCUT2D eigenvalue weighted by atomic mass is 10.1. The van der Waals surface area contributed by atoms with Crippen LogP contribution in [0.25, 0.3) is 10.9 Å². The predicted molar refractivity (Wildman–Crippen MR) is 55.4 cm³/mol. The van der Waals surface area contributed by atoms with Gasteiger partial charge in [0.15, 0.2) is 0 Å². The number of nitro groups is 1. The van der Waals surface area contributed by atoms with E-state index in [-0.39, 0.29) is 10.9 Å². The maximum atomic E-state index is 11.0. The Hall–Kier alpha value is -2.50. The van der Waals surface area contributed by atoms with Crippen LogP contribution in [0.5, 0.6) is 0 Å². The van der Waals surface area contributed by atoms with E-state index in [0.29, 0.717) is 5.52 Å². The third-order valence-electron chi connectivity index (χ3n) is 2.17. The number of benzene rings is 1. The highest BCUT2D eigenvalue weighted by atomic mass is 16.6. The molecule has 0 radical (unpaired) electrons. The number of rotatable bonds is 2. The fourth-order valence-electron chi connectivity index (χ4n) is 1.49. The van der Waals surface area contributed by atoms with Gasteiger partial charge in [-0.3, -0.25) is 10.1 Å². The molecular formula is C10H6N2O4. The monoisotopic (exact) mass is 218 g/mol. The van der Waals surface area contributed by atoms with Gasteiger partial charge in [0.1, 0.15) is 11.8 Å². The Kier molecular flexibility index (Phi) is 2.24. The molecule has 6 heteroatoms. The molecule has 0 aliphatic carbocycles. The normalized spacial score (nSPS) is 10.2. The molecule has 1 heterocycles. The van der Waals surface area contributed by atoms with Crippen LogP contribution in [0.4, 0.5) is 5.69 Å². The van der Waals surface area contributed by atoms with Crippen molar-refractivity contribution >= 4 is 22.6 Å². The molecule has 0 saturated heterocycles. The highest BCUT2D eigenvalue weighted by Crippen LogP contribution is 2.25. The van der Waals surface area contributed by atoms with Crippen molar-refractivity contribution in [2.75, 3.05) is 0 Å². The summed E-state index contributed by atoms with van der Waals surface area (Å²) < 4.78 is 0. The van der Waals surface area contributed by atoms with Gasteiger partial charge in [0, 0.05) is 5.39 Å². The summed E-state index contributed by atoms with van der Waals surface area (Å²) in [5.74, 6) is -1.33. The quantitative estimate of drug-likeness (QED) is 0.613. The SMILES string of the molecule is O=C(O)c1c([N+](=O)[O-])cnc2ccccc12. The molecule has 0 aliphatic rings. The fourth-order valence-corrected chi connectivity index (χ4v) is 1.49. The van der Waals surface area contributed by atoms with Gasteiger partial charge in [-0.1, -0.05) is 18.2 Å². The van der Waals surface area contributed by atoms with Gasteiger partial charge in [0.25, 0.3) is 0 Å². The van der Waals surface area contributed by atoms with Crippen molar-refractivity contribution in [2.45, 2.75) is 0 Å². The van der Waals surface area contributed by atoms with Crippen molar-refractivity contribution in [2.24, 2.45) is 0 Å². The van der Waals surface area contributed by atoms with Gasteiger partial charge in [-0.2, -0.15) is 0 Å². The van der Waals surface area contributed by atoms with Crippen LogP contribution in [0.1, 0.15) is 10.4 Å². The third-order valence-corrected chi connectivity index (χ3v) is 2.17. The van der Waals surface area contributed by atoms with Crippen LogP contribution in [-0.2, 0) is 0 Å². The number of carboxylic acids is 1. The van der Waals surface area contributed by atoms with Crippen molar-refractivity contribution in [1.82, 2.24) is 4.98 Å². The first kappa shape index (κ1) is 10.0. The number of carbonyl (C=O) groups is 1. The molecule has 16 heavy (non-hydrogen) atoms. The molecule has 80 valence electrons. The molecule has 2 rings (SSSR count). The lowest BCUT2D eigenvalue weighted by Crippen LogP contribution is -2.04. The number of nitrogens with zero attached hydrogens (tertiary/aromatic N) is 2. The van der Waals surface area contributed by atoms with E-state index in [1.165, 1.54) is 6.07 Å². The molecule has 0 unspecified atom stereocenters. The summed E-state index contributed by atoms with van der Waals surface area (Å²) in [6.45, 7) is 0. The standard InChI is InChI=1S/C10H6N2O4/c13-10(14)9-6-3-1-2-4-7(6)11-5-8(9)12(15)16/h1-5H,(H,13,14). The van der Waals surface area contributed by atoms with Gasteiger partial charge >= 0.3 is 11.7 Å². The maximum Gasteiger partial charge on any atom is 0.343 e. The Labute approximate surface area is 89.3 Å². The van der Waals surface area contributed by atoms with E-state index in [2.05, 4.69) is 4.98 Å². The van der Waals surface area contributed by atoms with E-state index in [0.717, 1.165) is 6.20 Å².